The topological polar surface area (TPSA) is 29.5 Å². The Bertz CT molecular complexity index is 210. The standard InChI is InChI=1S/C12H22O2/c1-8(2)9(3)12(13)7-6-10-4-5-11(12)14-10/h8-11,13H,4-7H2,1-3H3. The molecule has 0 aromatic carbocycles. The molecule has 2 saturated heterocycles. The lowest BCUT2D eigenvalue weighted by Gasteiger charge is -2.43. The highest BCUT2D eigenvalue weighted by molar-refractivity contribution is 5.00. The van der Waals surface area contributed by atoms with Crippen LogP contribution >= 0.6 is 0 Å². The summed E-state index contributed by atoms with van der Waals surface area (Å²) in [6, 6.07) is 0. The number of rotatable bonds is 2. The molecule has 2 nitrogen and oxygen atoms in total. The zero-order chi connectivity index (χ0) is 10.3. The van der Waals surface area contributed by atoms with E-state index < -0.39 is 5.60 Å². The zero-order valence-corrected chi connectivity index (χ0v) is 9.49. The Morgan fingerprint density at radius 3 is 2.57 bits per heavy atom. The second-order valence-electron chi connectivity index (χ2n) is 5.39. The molecule has 4 unspecified atom stereocenters. The number of hydrogen-bond donors (Lipinski definition) is 1. The van der Waals surface area contributed by atoms with Gasteiger partial charge in [0, 0.05) is 0 Å². The minimum absolute atomic E-state index is 0.110. The Labute approximate surface area is 86.6 Å². The predicted molar refractivity (Wildman–Crippen MR) is 56.1 cm³/mol. The van der Waals surface area contributed by atoms with E-state index in [1.807, 2.05) is 0 Å². The third-order valence-corrected chi connectivity index (χ3v) is 4.32. The van der Waals surface area contributed by atoms with Crippen LogP contribution in [0.3, 0.4) is 0 Å². The first-order valence-electron chi connectivity index (χ1n) is 5.92. The molecule has 14 heavy (non-hydrogen) atoms. The third-order valence-electron chi connectivity index (χ3n) is 4.32. The van der Waals surface area contributed by atoms with Crippen LogP contribution in [0.2, 0.25) is 0 Å². The molecule has 2 bridgehead atoms. The average Bonchev–Trinajstić information content (AvgIpc) is 2.56. The van der Waals surface area contributed by atoms with Crippen molar-refractivity contribution in [1.82, 2.24) is 0 Å². The summed E-state index contributed by atoms with van der Waals surface area (Å²) in [5, 5.41) is 10.7. The minimum atomic E-state index is -0.554. The molecule has 0 amide bonds. The fourth-order valence-corrected chi connectivity index (χ4v) is 2.94. The van der Waals surface area contributed by atoms with Gasteiger partial charge in [-0.2, -0.15) is 0 Å². The summed E-state index contributed by atoms with van der Waals surface area (Å²) >= 11 is 0. The van der Waals surface area contributed by atoms with Gasteiger partial charge in [-0.15, -0.1) is 0 Å². The predicted octanol–water partition coefficient (Wildman–Crippen LogP) is 2.35. The first kappa shape index (κ1) is 10.4. The summed E-state index contributed by atoms with van der Waals surface area (Å²) in [6.07, 6.45) is 4.74. The molecule has 0 radical (unpaired) electrons. The van der Waals surface area contributed by atoms with Crippen molar-refractivity contribution in [1.29, 1.82) is 0 Å². The zero-order valence-electron chi connectivity index (χ0n) is 9.49. The van der Waals surface area contributed by atoms with E-state index >= 15 is 0 Å². The van der Waals surface area contributed by atoms with Crippen LogP contribution in [0.25, 0.3) is 0 Å². The lowest BCUT2D eigenvalue weighted by molar-refractivity contribution is -0.174. The maximum absolute atomic E-state index is 10.7. The van der Waals surface area contributed by atoms with Crippen molar-refractivity contribution >= 4 is 0 Å². The normalized spacial score (nSPS) is 44.4. The van der Waals surface area contributed by atoms with Crippen molar-refractivity contribution in [3.8, 4) is 0 Å². The summed E-state index contributed by atoms with van der Waals surface area (Å²) < 4.78 is 5.83. The molecule has 2 rings (SSSR count). The van der Waals surface area contributed by atoms with E-state index in [0.29, 0.717) is 17.9 Å². The minimum Gasteiger partial charge on any atom is -0.387 e. The van der Waals surface area contributed by atoms with Crippen molar-refractivity contribution in [2.45, 2.75) is 64.3 Å². The van der Waals surface area contributed by atoms with Crippen LogP contribution < -0.4 is 0 Å². The van der Waals surface area contributed by atoms with Gasteiger partial charge >= 0.3 is 0 Å². The van der Waals surface area contributed by atoms with Crippen molar-refractivity contribution < 1.29 is 9.84 Å². The number of fused-ring (bicyclic) bond motifs is 2. The molecule has 0 aliphatic carbocycles. The molecule has 4 atom stereocenters. The molecule has 2 aliphatic rings. The number of hydrogen-bond acceptors (Lipinski definition) is 2. The lowest BCUT2D eigenvalue weighted by atomic mass is 9.74. The highest BCUT2D eigenvalue weighted by atomic mass is 16.5. The van der Waals surface area contributed by atoms with Crippen molar-refractivity contribution in [3.05, 3.63) is 0 Å². The van der Waals surface area contributed by atoms with E-state index in [9.17, 15) is 5.11 Å². The fraction of sp³-hybridized carbons (Fsp3) is 1.00. The van der Waals surface area contributed by atoms with Crippen LogP contribution in [0.4, 0.5) is 0 Å². The van der Waals surface area contributed by atoms with Crippen LogP contribution in [0.5, 0.6) is 0 Å². The van der Waals surface area contributed by atoms with Gasteiger partial charge in [0.05, 0.1) is 17.8 Å². The first-order chi connectivity index (χ1) is 6.54. The SMILES string of the molecule is CC(C)C(C)C1(O)CCC2CCC1O2. The Hall–Kier alpha value is -0.0800. The van der Waals surface area contributed by atoms with Gasteiger partial charge in [0.15, 0.2) is 0 Å². The molecule has 2 aliphatic heterocycles. The summed E-state index contributed by atoms with van der Waals surface area (Å²) in [7, 11) is 0. The van der Waals surface area contributed by atoms with E-state index in [1.165, 1.54) is 0 Å². The Morgan fingerprint density at radius 2 is 1.93 bits per heavy atom. The molecule has 1 N–H and O–H groups in total. The second kappa shape index (κ2) is 3.49. The molecule has 2 heterocycles. The smallest absolute Gasteiger partial charge is 0.0937 e. The summed E-state index contributed by atoms with van der Waals surface area (Å²) in [6.45, 7) is 6.53. The van der Waals surface area contributed by atoms with Crippen molar-refractivity contribution in [3.63, 3.8) is 0 Å². The molecule has 2 heteroatoms. The van der Waals surface area contributed by atoms with E-state index in [4.69, 9.17) is 4.74 Å². The maximum Gasteiger partial charge on any atom is 0.0937 e. The van der Waals surface area contributed by atoms with Crippen LogP contribution in [0.15, 0.2) is 0 Å². The summed E-state index contributed by atoms with van der Waals surface area (Å²) in [5.41, 5.74) is -0.554. The molecule has 2 fully saturated rings. The molecular weight excluding hydrogens is 176 g/mol. The van der Waals surface area contributed by atoms with Crippen molar-refractivity contribution in [2.75, 3.05) is 0 Å². The van der Waals surface area contributed by atoms with Gasteiger partial charge in [0.1, 0.15) is 0 Å². The molecule has 0 saturated carbocycles. The number of ether oxygens (including phenoxy) is 1. The lowest BCUT2D eigenvalue weighted by Crippen LogP contribution is -2.52. The van der Waals surface area contributed by atoms with Crippen LogP contribution in [0, 0.1) is 11.8 Å². The molecule has 0 aromatic rings. The fourth-order valence-electron chi connectivity index (χ4n) is 2.94. The summed E-state index contributed by atoms with van der Waals surface area (Å²) in [4.78, 5) is 0. The summed E-state index contributed by atoms with van der Waals surface area (Å²) in [5.74, 6) is 0.868. The molecule has 0 spiro atoms. The van der Waals surface area contributed by atoms with E-state index in [2.05, 4.69) is 20.8 Å². The van der Waals surface area contributed by atoms with Gasteiger partial charge in [-0.25, -0.2) is 0 Å². The van der Waals surface area contributed by atoms with Gasteiger partial charge in [-0.3, -0.25) is 0 Å². The van der Waals surface area contributed by atoms with Gasteiger partial charge in [-0.1, -0.05) is 20.8 Å². The van der Waals surface area contributed by atoms with Crippen molar-refractivity contribution in [2.24, 2.45) is 11.8 Å². The molecule has 0 aromatic heterocycles. The average molecular weight is 198 g/mol. The van der Waals surface area contributed by atoms with Crippen LogP contribution in [-0.2, 0) is 4.74 Å². The number of aliphatic hydroxyl groups is 1. The Morgan fingerprint density at radius 1 is 1.21 bits per heavy atom. The van der Waals surface area contributed by atoms with E-state index in [-0.39, 0.29) is 6.10 Å². The monoisotopic (exact) mass is 198 g/mol. The highest BCUT2D eigenvalue weighted by Crippen LogP contribution is 2.44. The first-order valence-corrected chi connectivity index (χ1v) is 5.92. The van der Waals surface area contributed by atoms with Gasteiger partial charge in [-0.05, 0) is 37.5 Å². The largest absolute Gasteiger partial charge is 0.387 e. The second-order valence-corrected chi connectivity index (χ2v) is 5.39. The molecular formula is C12H22O2. The molecule has 82 valence electrons. The van der Waals surface area contributed by atoms with E-state index in [0.717, 1.165) is 25.7 Å². The maximum atomic E-state index is 10.7. The van der Waals surface area contributed by atoms with Gasteiger partial charge in [0.2, 0.25) is 0 Å². The Balaban J connectivity index is 2.14. The van der Waals surface area contributed by atoms with Gasteiger partial charge < -0.3 is 9.84 Å². The van der Waals surface area contributed by atoms with Crippen LogP contribution in [-0.4, -0.2) is 22.9 Å². The van der Waals surface area contributed by atoms with Gasteiger partial charge in [0.25, 0.3) is 0 Å². The Kier molecular flexibility index (Phi) is 2.61. The highest BCUT2D eigenvalue weighted by Gasteiger charge is 2.50. The van der Waals surface area contributed by atoms with Crippen LogP contribution in [0.1, 0.15) is 46.5 Å². The van der Waals surface area contributed by atoms with E-state index in [1.54, 1.807) is 0 Å². The quantitative estimate of drug-likeness (QED) is 0.738. The third kappa shape index (κ3) is 1.49.